The van der Waals surface area contributed by atoms with Crippen molar-refractivity contribution in [3.63, 3.8) is 0 Å². The first kappa shape index (κ1) is 19.3. The minimum atomic E-state index is -3.74. The highest BCUT2D eigenvalue weighted by molar-refractivity contribution is 6.32. The van der Waals surface area contributed by atoms with Gasteiger partial charge in [0.15, 0.2) is 11.5 Å². The highest BCUT2D eigenvalue weighted by Gasteiger charge is 2.44. The molecule has 2 heterocycles. The van der Waals surface area contributed by atoms with E-state index in [0.29, 0.717) is 17.7 Å². The monoisotopic (exact) mass is 401 g/mol. The van der Waals surface area contributed by atoms with Gasteiger partial charge in [-0.1, -0.05) is 11.6 Å². The number of carbonyl (C=O) groups excluding carboxylic acids is 1. The third kappa shape index (κ3) is 3.97. The van der Waals surface area contributed by atoms with Crippen molar-refractivity contribution in [2.24, 2.45) is 0 Å². The van der Waals surface area contributed by atoms with Crippen molar-refractivity contribution in [1.82, 2.24) is 21.1 Å². The quantitative estimate of drug-likeness (QED) is 0.426. The lowest BCUT2D eigenvalue weighted by atomic mass is 10.1. The molecule has 0 saturated heterocycles. The van der Waals surface area contributed by atoms with E-state index in [1.165, 1.54) is 18.3 Å². The summed E-state index contributed by atoms with van der Waals surface area (Å²) in [5.41, 5.74) is 3.88. The number of carbonyl (C=O) groups is 1. The zero-order valence-electron chi connectivity index (χ0n) is 14.5. The van der Waals surface area contributed by atoms with Gasteiger partial charge in [0.25, 0.3) is 0 Å². The van der Waals surface area contributed by atoms with Gasteiger partial charge in [-0.25, -0.2) is 5.43 Å². The van der Waals surface area contributed by atoms with Crippen LogP contribution in [0.15, 0.2) is 18.2 Å². The number of hydrazine groups is 1. The minimum absolute atomic E-state index is 0.136. The predicted molar refractivity (Wildman–Crippen MR) is 94.7 cm³/mol. The van der Waals surface area contributed by atoms with E-state index in [1.54, 1.807) is 25.2 Å². The van der Waals surface area contributed by atoms with Crippen LogP contribution < -0.4 is 25.5 Å². The maximum absolute atomic E-state index is 13.2. The standard InChI is InChI=1S/C16H18ClF2N5O3/c1-21-14(3-4-20)22-15(25)10-7-11(24(2)23-10)8-5-12-13(6-9(8)17)27-16(18,19)26-12/h4-7,10,14,20-21,23H,3H2,1-2H3,(H,22,25). The molecule has 1 aromatic rings. The molecule has 8 nitrogen and oxygen atoms in total. The number of benzene rings is 1. The number of fused-ring (bicyclic) bond motifs is 1. The zero-order valence-corrected chi connectivity index (χ0v) is 15.2. The summed E-state index contributed by atoms with van der Waals surface area (Å²) < 4.78 is 35.3. The lowest BCUT2D eigenvalue weighted by Gasteiger charge is -2.21. The smallest absolute Gasteiger partial charge is 0.395 e. The zero-order chi connectivity index (χ0) is 19.8. The number of nitrogens with zero attached hydrogens (tertiary/aromatic N) is 1. The van der Waals surface area contributed by atoms with Gasteiger partial charge in [-0.15, -0.1) is 8.78 Å². The SMILES string of the molecule is CNC(CC=N)NC(=O)C1C=C(c2cc3c(cc2Cl)OC(F)(F)O3)N(C)N1. The Hall–Kier alpha value is -2.43. The van der Waals surface area contributed by atoms with Gasteiger partial charge in [0.05, 0.1) is 16.9 Å². The van der Waals surface area contributed by atoms with Crippen LogP contribution in [-0.4, -0.2) is 49.7 Å². The van der Waals surface area contributed by atoms with Gasteiger partial charge in [0.2, 0.25) is 5.91 Å². The van der Waals surface area contributed by atoms with Crippen LogP contribution in [0.25, 0.3) is 5.70 Å². The summed E-state index contributed by atoms with van der Waals surface area (Å²) in [6.45, 7) is 0. The summed E-state index contributed by atoms with van der Waals surface area (Å²) in [7, 11) is 3.34. The van der Waals surface area contributed by atoms with E-state index in [2.05, 4.69) is 25.5 Å². The predicted octanol–water partition coefficient (Wildman–Crippen LogP) is 1.52. The van der Waals surface area contributed by atoms with Crippen molar-refractivity contribution < 1.29 is 23.0 Å². The molecule has 3 rings (SSSR count). The van der Waals surface area contributed by atoms with Crippen LogP contribution in [0.5, 0.6) is 11.5 Å². The van der Waals surface area contributed by atoms with Crippen LogP contribution in [0, 0.1) is 5.41 Å². The molecule has 0 radical (unpaired) electrons. The average Bonchev–Trinajstić information content (AvgIpc) is 3.11. The molecule has 2 atom stereocenters. The van der Waals surface area contributed by atoms with E-state index in [4.69, 9.17) is 17.0 Å². The Morgan fingerprint density at radius 2 is 2.15 bits per heavy atom. The molecule has 0 aliphatic carbocycles. The van der Waals surface area contributed by atoms with Crippen molar-refractivity contribution >= 4 is 29.4 Å². The number of ether oxygens (including phenoxy) is 2. The van der Waals surface area contributed by atoms with Crippen molar-refractivity contribution in [2.75, 3.05) is 14.1 Å². The Labute approximate surface area is 158 Å². The Morgan fingerprint density at radius 1 is 1.48 bits per heavy atom. The van der Waals surface area contributed by atoms with Crippen LogP contribution in [0.2, 0.25) is 5.02 Å². The molecule has 1 amide bonds. The molecule has 2 aliphatic heterocycles. The van der Waals surface area contributed by atoms with E-state index >= 15 is 0 Å². The number of alkyl halides is 2. The maximum Gasteiger partial charge on any atom is 0.586 e. The van der Waals surface area contributed by atoms with Crippen LogP contribution in [0.1, 0.15) is 12.0 Å². The number of nitrogens with one attached hydrogen (secondary N) is 4. The lowest BCUT2D eigenvalue weighted by Crippen LogP contribution is -2.51. The van der Waals surface area contributed by atoms with Gasteiger partial charge in [0, 0.05) is 25.1 Å². The Balaban J connectivity index is 1.82. The topological polar surface area (TPSA) is 98.7 Å². The highest BCUT2D eigenvalue weighted by atomic mass is 35.5. The molecule has 0 aromatic heterocycles. The Bertz CT molecular complexity index is 805. The van der Waals surface area contributed by atoms with E-state index in [0.717, 1.165) is 0 Å². The number of amides is 1. The third-order valence-corrected chi connectivity index (χ3v) is 4.40. The third-order valence-electron chi connectivity index (χ3n) is 4.09. The van der Waals surface area contributed by atoms with Crippen LogP contribution >= 0.6 is 11.6 Å². The molecule has 11 heteroatoms. The minimum Gasteiger partial charge on any atom is -0.395 e. The van der Waals surface area contributed by atoms with Gasteiger partial charge in [0.1, 0.15) is 6.04 Å². The molecule has 4 N–H and O–H groups in total. The number of rotatable bonds is 6. The molecular weight excluding hydrogens is 384 g/mol. The van der Waals surface area contributed by atoms with Crippen molar-refractivity contribution in [3.05, 3.63) is 28.8 Å². The maximum atomic E-state index is 13.2. The van der Waals surface area contributed by atoms with E-state index in [1.807, 2.05) is 0 Å². The van der Waals surface area contributed by atoms with Gasteiger partial charge < -0.3 is 30.5 Å². The van der Waals surface area contributed by atoms with E-state index in [9.17, 15) is 13.6 Å². The molecule has 0 saturated carbocycles. The summed E-state index contributed by atoms with van der Waals surface area (Å²) in [5.74, 6) is -0.606. The van der Waals surface area contributed by atoms with E-state index in [-0.39, 0.29) is 28.6 Å². The Kier molecular flexibility index (Phi) is 5.22. The van der Waals surface area contributed by atoms with Crippen LogP contribution in [0.4, 0.5) is 8.78 Å². The molecule has 146 valence electrons. The number of halogens is 3. The fourth-order valence-electron chi connectivity index (χ4n) is 2.79. The lowest BCUT2D eigenvalue weighted by molar-refractivity contribution is -0.286. The highest BCUT2D eigenvalue weighted by Crippen LogP contribution is 2.45. The fraction of sp³-hybridized carbons (Fsp3) is 0.375. The van der Waals surface area contributed by atoms with Crippen molar-refractivity contribution in [1.29, 1.82) is 5.41 Å². The molecule has 1 aromatic carbocycles. The molecule has 2 unspecified atom stereocenters. The molecule has 0 fully saturated rings. The first-order valence-electron chi connectivity index (χ1n) is 8.02. The first-order valence-corrected chi connectivity index (χ1v) is 8.40. The fourth-order valence-corrected chi connectivity index (χ4v) is 3.04. The molecular formula is C16H18ClF2N5O3. The van der Waals surface area contributed by atoms with Crippen molar-refractivity contribution in [2.45, 2.75) is 24.9 Å². The van der Waals surface area contributed by atoms with Crippen LogP contribution in [-0.2, 0) is 4.79 Å². The normalized spacial score (nSPS) is 21.0. The summed E-state index contributed by atoms with van der Waals surface area (Å²) >= 11 is 6.21. The summed E-state index contributed by atoms with van der Waals surface area (Å²) in [6, 6.07) is 1.89. The Morgan fingerprint density at radius 3 is 2.78 bits per heavy atom. The number of hydrogen-bond donors (Lipinski definition) is 4. The number of hydrogen-bond acceptors (Lipinski definition) is 7. The molecule has 0 spiro atoms. The van der Waals surface area contributed by atoms with Gasteiger partial charge in [-0.05, 0) is 25.4 Å². The first-order chi connectivity index (χ1) is 12.7. The molecule has 27 heavy (non-hydrogen) atoms. The van der Waals surface area contributed by atoms with Crippen LogP contribution in [0.3, 0.4) is 0 Å². The van der Waals surface area contributed by atoms with Gasteiger partial charge in [-0.2, -0.15) is 0 Å². The van der Waals surface area contributed by atoms with Gasteiger partial charge >= 0.3 is 6.29 Å². The summed E-state index contributed by atoms with van der Waals surface area (Å²) in [4.78, 5) is 12.4. The van der Waals surface area contributed by atoms with E-state index < -0.39 is 12.3 Å². The second kappa shape index (κ2) is 7.29. The van der Waals surface area contributed by atoms with Crippen molar-refractivity contribution in [3.8, 4) is 11.5 Å². The largest absolute Gasteiger partial charge is 0.586 e. The molecule has 0 bridgehead atoms. The summed E-state index contributed by atoms with van der Waals surface area (Å²) in [6.07, 6.45) is -0.967. The second-order valence-electron chi connectivity index (χ2n) is 5.95. The average molecular weight is 402 g/mol. The summed E-state index contributed by atoms with van der Waals surface area (Å²) in [5, 5.41) is 14.5. The second-order valence-corrected chi connectivity index (χ2v) is 6.36. The molecule has 2 aliphatic rings. The van der Waals surface area contributed by atoms with Gasteiger partial charge in [-0.3, -0.25) is 4.79 Å².